The molecule has 226 valence electrons. The molecule has 4 N–H and O–H groups in total. The number of nitrogens with two attached hydrogens (primary N) is 1. The van der Waals surface area contributed by atoms with Gasteiger partial charge >= 0.3 is 6.18 Å². The third-order valence-electron chi connectivity index (χ3n) is 6.27. The fraction of sp³-hybridized carbons (Fsp3) is 0.250. The Morgan fingerprint density at radius 1 is 1.12 bits per heavy atom. The van der Waals surface area contributed by atoms with Gasteiger partial charge in [-0.3, -0.25) is 9.59 Å². The largest absolute Gasteiger partial charge is 0.496 e. The first kappa shape index (κ1) is 30.9. The maximum Gasteiger partial charge on any atom is 0.424 e. The van der Waals surface area contributed by atoms with Gasteiger partial charge in [0, 0.05) is 16.7 Å². The van der Waals surface area contributed by atoms with Gasteiger partial charge < -0.3 is 30.0 Å². The van der Waals surface area contributed by atoms with E-state index in [9.17, 15) is 32.3 Å². The van der Waals surface area contributed by atoms with E-state index in [0.717, 1.165) is 24.6 Å². The summed E-state index contributed by atoms with van der Waals surface area (Å²) < 4.78 is 73.2. The monoisotopic (exact) mass is 603 g/mol. The molecule has 0 saturated carbocycles. The van der Waals surface area contributed by atoms with E-state index >= 15 is 0 Å². The number of hydrogen-bond donors (Lipinski definition) is 3. The van der Waals surface area contributed by atoms with E-state index in [1.54, 1.807) is 6.92 Å². The van der Waals surface area contributed by atoms with Crippen LogP contribution in [0.1, 0.15) is 28.5 Å². The SMILES string of the molecule is CCOc1c(CC(N)=O)cc([C@@](O)(CNC(=O)c2ccc(-c3nnco3)c(OC)c2)C(F)(F)F)nc1-c1ccc(F)cc1. The predicted molar refractivity (Wildman–Crippen MR) is 142 cm³/mol. The lowest BCUT2D eigenvalue weighted by Crippen LogP contribution is -2.51. The molecule has 4 aromatic rings. The number of amides is 2. The van der Waals surface area contributed by atoms with Crippen LogP contribution in [0.2, 0.25) is 0 Å². The number of rotatable bonds is 11. The Balaban J connectivity index is 1.75. The molecule has 0 saturated heterocycles. The van der Waals surface area contributed by atoms with E-state index in [2.05, 4.69) is 20.5 Å². The van der Waals surface area contributed by atoms with Gasteiger partial charge in [-0.05, 0) is 55.5 Å². The lowest BCUT2D eigenvalue weighted by atomic mass is 9.93. The fourth-order valence-corrected chi connectivity index (χ4v) is 4.17. The van der Waals surface area contributed by atoms with Crippen molar-refractivity contribution in [3.63, 3.8) is 0 Å². The van der Waals surface area contributed by atoms with Gasteiger partial charge in [-0.2, -0.15) is 13.2 Å². The Morgan fingerprint density at radius 3 is 2.42 bits per heavy atom. The van der Waals surface area contributed by atoms with Crippen LogP contribution in [0.25, 0.3) is 22.7 Å². The summed E-state index contributed by atoms with van der Waals surface area (Å²) in [7, 11) is 1.30. The third-order valence-corrected chi connectivity index (χ3v) is 6.27. The highest BCUT2D eigenvalue weighted by Crippen LogP contribution is 2.42. The molecule has 15 heteroatoms. The number of alkyl halides is 3. The number of hydrogen-bond acceptors (Lipinski definition) is 9. The Kier molecular flexibility index (Phi) is 8.94. The van der Waals surface area contributed by atoms with Crippen molar-refractivity contribution in [3.05, 3.63) is 77.6 Å². The molecule has 0 aliphatic rings. The Hall–Kier alpha value is -5.05. The van der Waals surface area contributed by atoms with Crippen LogP contribution in [0.4, 0.5) is 17.6 Å². The highest BCUT2D eigenvalue weighted by atomic mass is 19.4. The molecule has 0 radical (unpaired) electrons. The number of nitrogens with one attached hydrogen (secondary N) is 1. The van der Waals surface area contributed by atoms with Crippen LogP contribution < -0.4 is 20.5 Å². The number of ether oxygens (including phenoxy) is 2. The summed E-state index contributed by atoms with van der Waals surface area (Å²) in [6.45, 7) is 0.264. The molecule has 0 aliphatic carbocycles. The standard InChI is InChI=1S/C28H25F4N5O6/c1-3-42-24-17(12-22(33)38)11-21(36-23(24)15-4-7-18(29)8-5-15)27(40,28(30,31)32)13-34-25(39)16-6-9-19(20(10-16)41-2)26-37-35-14-43-26/h4-11,14,40H,3,12-13H2,1-2H3,(H2,33,38)(H,34,39)/t27-/m0/s1. The van der Waals surface area contributed by atoms with E-state index < -0.39 is 48.1 Å². The second kappa shape index (κ2) is 12.4. The number of benzene rings is 2. The van der Waals surface area contributed by atoms with E-state index in [1.807, 2.05) is 0 Å². The van der Waals surface area contributed by atoms with Crippen molar-refractivity contribution in [3.8, 4) is 34.2 Å². The van der Waals surface area contributed by atoms with Gasteiger partial charge in [-0.1, -0.05) is 0 Å². The molecule has 0 unspecified atom stereocenters. The summed E-state index contributed by atoms with van der Waals surface area (Å²) in [6.07, 6.45) is -4.85. The molecule has 0 fully saturated rings. The topological polar surface area (TPSA) is 163 Å². The smallest absolute Gasteiger partial charge is 0.424 e. The molecule has 2 heterocycles. The zero-order valence-electron chi connectivity index (χ0n) is 22.7. The number of aliphatic hydroxyl groups is 1. The number of nitrogens with zero attached hydrogens (tertiary/aromatic N) is 3. The average molecular weight is 604 g/mol. The van der Waals surface area contributed by atoms with Crippen molar-refractivity contribution in [1.82, 2.24) is 20.5 Å². The molecule has 0 aliphatic heterocycles. The van der Waals surface area contributed by atoms with E-state index in [1.165, 1.54) is 37.4 Å². The van der Waals surface area contributed by atoms with Crippen LogP contribution >= 0.6 is 0 Å². The summed E-state index contributed by atoms with van der Waals surface area (Å²) >= 11 is 0. The summed E-state index contributed by atoms with van der Waals surface area (Å²) in [5.74, 6) is -2.37. The van der Waals surface area contributed by atoms with Crippen molar-refractivity contribution >= 4 is 11.8 Å². The second-order valence-electron chi connectivity index (χ2n) is 9.13. The molecule has 0 spiro atoms. The second-order valence-corrected chi connectivity index (χ2v) is 9.13. The minimum atomic E-state index is -5.37. The Morgan fingerprint density at radius 2 is 1.84 bits per heavy atom. The number of carbonyl (C=O) groups excluding carboxylic acids is 2. The number of aromatic nitrogens is 3. The Bertz CT molecular complexity index is 1610. The zero-order chi connectivity index (χ0) is 31.4. The van der Waals surface area contributed by atoms with Gasteiger partial charge in [0.1, 0.15) is 23.0 Å². The highest BCUT2D eigenvalue weighted by Gasteiger charge is 2.56. The molecule has 2 aromatic carbocycles. The first-order valence-corrected chi connectivity index (χ1v) is 12.6. The Labute approximate surface area is 241 Å². The molecule has 1 atom stereocenters. The van der Waals surface area contributed by atoms with Crippen LogP contribution in [0, 0.1) is 5.82 Å². The van der Waals surface area contributed by atoms with Crippen LogP contribution in [-0.2, 0) is 16.8 Å². The van der Waals surface area contributed by atoms with Crippen molar-refractivity contribution in [2.24, 2.45) is 5.73 Å². The van der Waals surface area contributed by atoms with Crippen molar-refractivity contribution in [1.29, 1.82) is 0 Å². The molecular formula is C28H25F4N5O6. The van der Waals surface area contributed by atoms with Crippen LogP contribution in [0.3, 0.4) is 0 Å². The molecule has 4 rings (SSSR count). The summed E-state index contributed by atoms with van der Waals surface area (Å²) in [4.78, 5) is 28.8. The summed E-state index contributed by atoms with van der Waals surface area (Å²) in [5, 5.41) is 20.5. The summed E-state index contributed by atoms with van der Waals surface area (Å²) in [5.41, 5.74) is 0.697. The minimum Gasteiger partial charge on any atom is -0.496 e. The lowest BCUT2D eigenvalue weighted by molar-refractivity contribution is -0.265. The number of primary amides is 1. The van der Waals surface area contributed by atoms with Crippen molar-refractivity contribution in [2.45, 2.75) is 25.1 Å². The highest BCUT2D eigenvalue weighted by molar-refractivity contribution is 5.95. The number of methoxy groups -OCH3 is 1. The van der Waals surface area contributed by atoms with E-state index in [-0.39, 0.29) is 46.4 Å². The molecule has 43 heavy (non-hydrogen) atoms. The summed E-state index contributed by atoms with van der Waals surface area (Å²) in [6, 6.07) is 9.38. The van der Waals surface area contributed by atoms with Gasteiger partial charge in [0.15, 0.2) is 0 Å². The van der Waals surface area contributed by atoms with Crippen molar-refractivity contribution in [2.75, 3.05) is 20.3 Å². The van der Waals surface area contributed by atoms with Gasteiger partial charge in [-0.15, -0.1) is 10.2 Å². The van der Waals surface area contributed by atoms with E-state index in [4.69, 9.17) is 19.6 Å². The maximum absolute atomic E-state index is 14.5. The molecule has 0 bridgehead atoms. The van der Waals surface area contributed by atoms with Crippen LogP contribution in [0.15, 0.2) is 59.3 Å². The average Bonchev–Trinajstić information content (AvgIpc) is 3.50. The molecule has 11 nitrogen and oxygen atoms in total. The van der Waals surface area contributed by atoms with Crippen molar-refractivity contribution < 1.29 is 46.1 Å². The van der Waals surface area contributed by atoms with Crippen LogP contribution in [-0.4, -0.2) is 58.5 Å². The first-order valence-electron chi connectivity index (χ1n) is 12.6. The minimum absolute atomic E-state index is 0.0370. The zero-order valence-corrected chi connectivity index (χ0v) is 22.7. The van der Waals surface area contributed by atoms with Crippen LogP contribution in [0.5, 0.6) is 11.5 Å². The van der Waals surface area contributed by atoms with Gasteiger partial charge in [-0.25, -0.2) is 9.37 Å². The quantitative estimate of drug-likeness (QED) is 0.218. The van der Waals surface area contributed by atoms with Gasteiger partial charge in [0.05, 0.1) is 37.9 Å². The number of pyridine rings is 1. The fourth-order valence-electron chi connectivity index (χ4n) is 4.17. The predicted octanol–water partition coefficient (Wildman–Crippen LogP) is 3.55. The van der Waals surface area contributed by atoms with E-state index in [0.29, 0.717) is 5.56 Å². The third kappa shape index (κ3) is 6.56. The lowest BCUT2D eigenvalue weighted by Gasteiger charge is -2.31. The molecular weight excluding hydrogens is 578 g/mol. The van der Waals surface area contributed by atoms with Gasteiger partial charge in [0.25, 0.3) is 11.8 Å². The first-order chi connectivity index (χ1) is 20.4. The van der Waals surface area contributed by atoms with Gasteiger partial charge in [0.2, 0.25) is 17.9 Å². The normalized spacial score (nSPS) is 12.8. The maximum atomic E-state index is 14.5. The molecule has 2 aromatic heterocycles. The molecule has 2 amide bonds. The number of halogens is 4. The number of carbonyl (C=O) groups is 2.